The molecule has 0 bridgehead atoms. The van der Waals surface area contributed by atoms with Gasteiger partial charge in [0.2, 0.25) is 5.91 Å². The van der Waals surface area contributed by atoms with E-state index in [4.69, 9.17) is 10.5 Å². The van der Waals surface area contributed by atoms with Gasteiger partial charge in [0.25, 0.3) is 0 Å². The Morgan fingerprint density at radius 2 is 2.29 bits per heavy atom. The van der Waals surface area contributed by atoms with E-state index in [-0.39, 0.29) is 5.91 Å². The molecule has 1 aliphatic rings. The lowest BCUT2D eigenvalue weighted by atomic mass is 9.94. The van der Waals surface area contributed by atoms with Crippen molar-refractivity contribution < 1.29 is 9.53 Å². The summed E-state index contributed by atoms with van der Waals surface area (Å²) in [7, 11) is 2.15. The average Bonchev–Trinajstić information content (AvgIpc) is 2.46. The Kier molecular flexibility index (Phi) is 8.22. The molecular weight excluding hydrogens is 266 g/mol. The summed E-state index contributed by atoms with van der Waals surface area (Å²) in [5, 5.41) is 3.29. The maximum atomic E-state index is 11.6. The summed E-state index contributed by atoms with van der Waals surface area (Å²) in [4.78, 5) is 14.0. The Morgan fingerprint density at radius 1 is 1.52 bits per heavy atom. The van der Waals surface area contributed by atoms with E-state index in [9.17, 15) is 4.79 Å². The van der Waals surface area contributed by atoms with Crippen molar-refractivity contribution in [2.45, 2.75) is 51.5 Å². The molecule has 124 valence electrons. The van der Waals surface area contributed by atoms with Crippen LogP contribution in [0.4, 0.5) is 0 Å². The highest BCUT2D eigenvalue weighted by molar-refractivity contribution is 5.84. The first-order chi connectivity index (χ1) is 9.98. The Labute approximate surface area is 129 Å². The third-order valence-electron chi connectivity index (χ3n) is 4.35. The van der Waals surface area contributed by atoms with Crippen molar-refractivity contribution in [1.82, 2.24) is 10.2 Å². The Morgan fingerprint density at radius 3 is 2.86 bits per heavy atom. The molecule has 1 rings (SSSR count). The molecule has 0 aromatic carbocycles. The van der Waals surface area contributed by atoms with E-state index in [0.717, 1.165) is 52.1 Å². The van der Waals surface area contributed by atoms with Crippen LogP contribution in [0.3, 0.4) is 0 Å². The highest BCUT2D eigenvalue weighted by Crippen LogP contribution is 2.16. The standard InChI is InChI=1S/C16H33N3O2/c1-4-9-18-16(2,15(17)20)8-6-10-19(3)12-14-7-5-11-21-13-14/h14,18H,4-13H2,1-3H3,(H2,17,20). The molecule has 21 heavy (non-hydrogen) atoms. The van der Waals surface area contributed by atoms with Crippen molar-refractivity contribution in [1.29, 1.82) is 0 Å². The van der Waals surface area contributed by atoms with Crippen molar-refractivity contribution in [2.75, 3.05) is 39.9 Å². The van der Waals surface area contributed by atoms with Crippen LogP contribution in [0, 0.1) is 5.92 Å². The zero-order chi connectivity index (χ0) is 15.7. The van der Waals surface area contributed by atoms with Crippen LogP contribution in [0.1, 0.15) is 46.0 Å². The molecule has 1 heterocycles. The van der Waals surface area contributed by atoms with Gasteiger partial charge in [-0.1, -0.05) is 6.92 Å². The molecule has 0 spiro atoms. The third kappa shape index (κ3) is 6.76. The number of nitrogens with one attached hydrogen (secondary N) is 1. The lowest BCUT2D eigenvalue weighted by molar-refractivity contribution is -0.124. The van der Waals surface area contributed by atoms with Gasteiger partial charge < -0.3 is 20.7 Å². The zero-order valence-corrected chi connectivity index (χ0v) is 14.0. The molecule has 1 saturated heterocycles. The van der Waals surface area contributed by atoms with Crippen LogP contribution in [0.25, 0.3) is 0 Å². The van der Waals surface area contributed by atoms with Crippen molar-refractivity contribution in [3.05, 3.63) is 0 Å². The maximum Gasteiger partial charge on any atom is 0.237 e. The fourth-order valence-corrected chi connectivity index (χ4v) is 2.89. The molecule has 1 aliphatic heterocycles. The highest BCUT2D eigenvalue weighted by Gasteiger charge is 2.29. The summed E-state index contributed by atoms with van der Waals surface area (Å²) in [6.45, 7) is 8.72. The number of primary amides is 1. The summed E-state index contributed by atoms with van der Waals surface area (Å²) in [5.74, 6) is 0.406. The Bertz CT molecular complexity index is 306. The molecule has 2 atom stereocenters. The molecule has 2 unspecified atom stereocenters. The van der Waals surface area contributed by atoms with E-state index < -0.39 is 5.54 Å². The molecule has 0 saturated carbocycles. The summed E-state index contributed by atoms with van der Waals surface area (Å²) in [6, 6.07) is 0. The number of nitrogens with two attached hydrogens (primary N) is 1. The Hall–Kier alpha value is -0.650. The number of ether oxygens (including phenoxy) is 1. The number of hydrogen-bond donors (Lipinski definition) is 2. The van der Waals surface area contributed by atoms with Crippen molar-refractivity contribution >= 4 is 5.91 Å². The van der Waals surface area contributed by atoms with Crippen molar-refractivity contribution in [3.8, 4) is 0 Å². The second-order valence-corrected chi connectivity index (χ2v) is 6.57. The fourth-order valence-electron chi connectivity index (χ4n) is 2.89. The summed E-state index contributed by atoms with van der Waals surface area (Å²) >= 11 is 0. The first-order valence-corrected chi connectivity index (χ1v) is 8.29. The largest absolute Gasteiger partial charge is 0.381 e. The van der Waals surface area contributed by atoms with E-state index in [1.54, 1.807) is 0 Å². The molecule has 5 heteroatoms. The molecule has 5 nitrogen and oxygen atoms in total. The van der Waals surface area contributed by atoms with Gasteiger partial charge in [0.1, 0.15) is 0 Å². The first-order valence-electron chi connectivity index (χ1n) is 8.29. The van der Waals surface area contributed by atoms with Crippen LogP contribution >= 0.6 is 0 Å². The van der Waals surface area contributed by atoms with E-state index in [1.165, 1.54) is 12.8 Å². The molecule has 0 aromatic rings. The maximum absolute atomic E-state index is 11.6. The summed E-state index contributed by atoms with van der Waals surface area (Å²) < 4.78 is 5.52. The third-order valence-corrected chi connectivity index (χ3v) is 4.35. The minimum absolute atomic E-state index is 0.251. The monoisotopic (exact) mass is 299 g/mol. The van der Waals surface area contributed by atoms with E-state index in [2.05, 4.69) is 24.2 Å². The van der Waals surface area contributed by atoms with Crippen molar-refractivity contribution in [3.63, 3.8) is 0 Å². The number of carbonyl (C=O) groups excluding carboxylic acids is 1. The number of rotatable bonds is 10. The van der Waals surface area contributed by atoms with Crippen LogP contribution in [0.2, 0.25) is 0 Å². The van der Waals surface area contributed by atoms with Gasteiger partial charge in [-0.3, -0.25) is 4.79 Å². The molecular formula is C16H33N3O2. The van der Waals surface area contributed by atoms with Crippen LogP contribution in [0.15, 0.2) is 0 Å². The lowest BCUT2D eigenvalue weighted by Crippen LogP contribution is -2.53. The molecule has 1 fully saturated rings. The van der Waals surface area contributed by atoms with Gasteiger partial charge in [0.15, 0.2) is 0 Å². The lowest BCUT2D eigenvalue weighted by Gasteiger charge is -2.30. The average molecular weight is 299 g/mol. The van der Waals surface area contributed by atoms with Gasteiger partial charge in [-0.25, -0.2) is 0 Å². The quantitative estimate of drug-likeness (QED) is 0.639. The van der Waals surface area contributed by atoms with Crippen molar-refractivity contribution in [2.24, 2.45) is 11.7 Å². The van der Waals surface area contributed by atoms with E-state index in [1.807, 2.05) is 6.92 Å². The predicted octanol–water partition coefficient (Wildman–Crippen LogP) is 1.37. The Balaban J connectivity index is 2.27. The molecule has 0 aliphatic carbocycles. The molecule has 0 aromatic heterocycles. The van der Waals surface area contributed by atoms with Crippen LogP contribution < -0.4 is 11.1 Å². The fraction of sp³-hybridized carbons (Fsp3) is 0.938. The van der Waals surface area contributed by atoms with Crippen LogP contribution in [0.5, 0.6) is 0 Å². The van der Waals surface area contributed by atoms with Crippen LogP contribution in [-0.4, -0.2) is 56.2 Å². The SMILES string of the molecule is CCCNC(C)(CCCN(C)CC1CCCOC1)C(N)=O. The smallest absolute Gasteiger partial charge is 0.237 e. The number of amides is 1. The number of hydrogen-bond acceptors (Lipinski definition) is 4. The molecule has 0 radical (unpaired) electrons. The zero-order valence-electron chi connectivity index (χ0n) is 14.0. The minimum Gasteiger partial charge on any atom is -0.381 e. The minimum atomic E-state index is -0.579. The summed E-state index contributed by atoms with van der Waals surface area (Å²) in [6.07, 6.45) is 5.21. The van der Waals surface area contributed by atoms with E-state index in [0.29, 0.717) is 5.92 Å². The highest BCUT2D eigenvalue weighted by atomic mass is 16.5. The molecule has 3 N–H and O–H groups in total. The number of carbonyl (C=O) groups is 1. The van der Waals surface area contributed by atoms with Gasteiger partial charge in [0, 0.05) is 13.2 Å². The van der Waals surface area contributed by atoms with Crippen LogP contribution in [-0.2, 0) is 9.53 Å². The van der Waals surface area contributed by atoms with Gasteiger partial charge in [-0.2, -0.15) is 0 Å². The van der Waals surface area contributed by atoms with Gasteiger partial charge in [0.05, 0.1) is 12.1 Å². The normalized spacial score (nSPS) is 22.2. The molecule has 1 amide bonds. The second kappa shape index (κ2) is 9.38. The topological polar surface area (TPSA) is 67.6 Å². The van der Waals surface area contributed by atoms with Gasteiger partial charge in [-0.15, -0.1) is 0 Å². The summed E-state index contributed by atoms with van der Waals surface area (Å²) in [5.41, 5.74) is 4.97. The van der Waals surface area contributed by atoms with Gasteiger partial charge in [-0.05, 0) is 65.1 Å². The first kappa shape index (κ1) is 18.4. The second-order valence-electron chi connectivity index (χ2n) is 6.57. The van der Waals surface area contributed by atoms with E-state index >= 15 is 0 Å². The predicted molar refractivity (Wildman–Crippen MR) is 86.2 cm³/mol. The van der Waals surface area contributed by atoms with Gasteiger partial charge >= 0.3 is 0 Å². The number of nitrogens with zero attached hydrogens (tertiary/aromatic N) is 1.